The largest absolute Gasteiger partial charge is 0.450 e. The maximum atomic E-state index is 13.6. The Morgan fingerprint density at radius 2 is 1.82 bits per heavy atom. The highest BCUT2D eigenvalue weighted by molar-refractivity contribution is 6.31. The summed E-state index contributed by atoms with van der Waals surface area (Å²) in [4.78, 5) is 32.0. The maximum Gasteiger partial charge on any atom is 0.339 e. The molecule has 4 heterocycles. The fraction of sp³-hybridized carbons (Fsp3) is 0.222. The number of amides is 1. The molecule has 1 saturated heterocycles. The molecule has 0 aliphatic carbocycles. The van der Waals surface area contributed by atoms with Gasteiger partial charge in [-0.2, -0.15) is 0 Å². The molecule has 170 valence electrons. The van der Waals surface area contributed by atoms with Crippen LogP contribution in [0.2, 0.25) is 5.02 Å². The number of aromatic nitrogens is 2. The number of hydrogen-bond donors (Lipinski definition) is 0. The second-order valence-electron chi connectivity index (χ2n) is 8.91. The van der Waals surface area contributed by atoms with Gasteiger partial charge in [-0.1, -0.05) is 35.9 Å². The van der Waals surface area contributed by atoms with Gasteiger partial charge < -0.3 is 14.2 Å². The zero-order chi connectivity index (χ0) is 23.3. The second-order valence-corrected chi connectivity index (χ2v) is 9.35. The predicted molar refractivity (Wildman–Crippen MR) is 129 cm³/mol. The zero-order valence-corrected chi connectivity index (χ0v) is 19.2. The fourth-order valence-corrected chi connectivity index (χ4v) is 5.38. The molecule has 0 bridgehead atoms. The van der Waals surface area contributed by atoms with Crippen LogP contribution >= 0.6 is 11.6 Å². The van der Waals surface area contributed by atoms with Gasteiger partial charge >= 0.3 is 5.97 Å². The number of likely N-dealkylation sites (tertiary alicyclic amines) is 1. The molecular formula is C27H22ClN3O3. The topological polar surface area (TPSA) is 64.4 Å². The molecule has 0 radical (unpaired) electrons. The molecule has 2 aliphatic rings. The number of ether oxygens (including phenoxy) is 1. The Bertz CT molecular complexity index is 1420. The maximum absolute atomic E-state index is 13.6. The normalized spacial score (nSPS) is 16.6. The van der Waals surface area contributed by atoms with Crippen molar-refractivity contribution >= 4 is 34.4 Å². The van der Waals surface area contributed by atoms with Gasteiger partial charge in [0, 0.05) is 67.0 Å². The highest BCUT2D eigenvalue weighted by Gasteiger charge is 2.47. The van der Waals surface area contributed by atoms with Gasteiger partial charge in [0.2, 0.25) is 0 Å². The molecule has 0 N–H and O–H groups in total. The summed E-state index contributed by atoms with van der Waals surface area (Å²) in [5, 5.41) is 1.50. The molecule has 2 aromatic carbocycles. The number of carbonyl (C=O) groups is 2. The van der Waals surface area contributed by atoms with E-state index in [9.17, 15) is 9.59 Å². The number of rotatable bonds is 3. The van der Waals surface area contributed by atoms with Crippen LogP contribution in [0, 0.1) is 0 Å². The molecule has 34 heavy (non-hydrogen) atoms. The van der Waals surface area contributed by atoms with E-state index in [2.05, 4.69) is 9.55 Å². The minimum atomic E-state index is -0.632. The summed E-state index contributed by atoms with van der Waals surface area (Å²) < 4.78 is 7.91. The van der Waals surface area contributed by atoms with Crippen molar-refractivity contribution in [3.05, 3.63) is 100 Å². The average Bonchev–Trinajstić information content (AvgIpc) is 3.35. The molecule has 1 spiro atoms. The standard InChI is InChI=1S/C27H22ClN3O3/c28-19-5-6-20-22(17-31(24(20)15-19)16-18-7-11-29-12-8-18)25(32)30-13-9-27(10-14-30)23-4-2-1-3-21(23)26(33)34-27/h1-8,11-12,15,17H,9-10,13-14,16H2. The van der Waals surface area contributed by atoms with Gasteiger partial charge in [0.15, 0.2) is 0 Å². The zero-order valence-electron chi connectivity index (χ0n) is 18.4. The number of benzene rings is 2. The van der Waals surface area contributed by atoms with Gasteiger partial charge in [0.05, 0.1) is 16.6 Å². The van der Waals surface area contributed by atoms with Crippen molar-refractivity contribution in [3.8, 4) is 0 Å². The van der Waals surface area contributed by atoms with Crippen molar-refractivity contribution in [2.75, 3.05) is 13.1 Å². The van der Waals surface area contributed by atoms with Crippen LogP contribution in [-0.4, -0.2) is 39.4 Å². The Morgan fingerprint density at radius 3 is 2.62 bits per heavy atom. The summed E-state index contributed by atoms with van der Waals surface area (Å²) in [6.45, 7) is 1.65. The first-order valence-electron chi connectivity index (χ1n) is 11.3. The van der Waals surface area contributed by atoms with E-state index in [1.54, 1.807) is 12.4 Å². The molecule has 4 aromatic rings. The van der Waals surface area contributed by atoms with Gasteiger partial charge in [-0.05, 0) is 35.9 Å². The van der Waals surface area contributed by atoms with Crippen molar-refractivity contribution < 1.29 is 14.3 Å². The molecule has 1 amide bonds. The third kappa shape index (κ3) is 3.37. The predicted octanol–water partition coefficient (Wildman–Crippen LogP) is 5.04. The van der Waals surface area contributed by atoms with Gasteiger partial charge in [0.25, 0.3) is 5.91 Å². The monoisotopic (exact) mass is 471 g/mol. The van der Waals surface area contributed by atoms with Crippen LogP contribution in [0.25, 0.3) is 10.9 Å². The van der Waals surface area contributed by atoms with E-state index < -0.39 is 5.60 Å². The molecule has 2 aliphatic heterocycles. The third-order valence-corrected chi connectivity index (χ3v) is 7.20. The van der Waals surface area contributed by atoms with Crippen LogP contribution in [0.4, 0.5) is 0 Å². The number of nitrogens with zero attached hydrogens (tertiary/aromatic N) is 3. The van der Waals surface area contributed by atoms with Gasteiger partial charge in [-0.3, -0.25) is 9.78 Å². The van der Waals surface area contributed by atoms with E-state index in [0.29, 0.717) is 48.6 Å². The Labute approximate surface area is 201 Å². The smallest absolute Gasteiger partial charge is 0.339 e. The number of carbonyl (C=O) groups excluding carboxylic acids is 2. The minimum absolute atomic E-state index is 0.0201. The highest BCUT2D eigenvalue weighted by Crippen LogP contribution is 2.44. The van der Waals surface area contributed by atoms with E-state index in [1.165, 1.54) is 0 Å². The van der Waals surface area contributed by atoms with Crippen molar-refractivity contribution in [1.82, 2.24) is 14.5 Å². The van der Waals surface area contributed by atoms with E-state index in [-0.39, 0.29) is 11.9 Å². The van der Waals surface area contributed by atoms with Crippen LogP contribution < -0.4 is 0 Å². The molecular weight excluding hydrogens is 450 g/mol. The third-order valence-electron chi connectivity index (χ3n) is 6.96. The molecule has 6 nitrogen and oxygen atoms in total. The van der Waals surface area contributed by atoms with Crippen molar-refractivity contribution in [3.63, 3.8) is 0 Å². The highest BCUT2D eigenvalue weighted by atomic mass is 35.5. The summed E-state index contributed by atoms with van der Waals surface area (Å²) in [6, 6.07) is 17.1. The second kappa shape index (κ2) is 7.99. The summed E-state index contributed by atoms with van der Waals surface area (Å²) in [6.07, 6.45) is 6.61. The molecule has 6 rings (SSSR count). The number of fused-ring (bicyclic) bond motifs is 3. The van der Waals surface area contributed by atoms with Crippen LogP contribution in [0.5, 0.6) is 0 Å². The van der Waals surface area contributed by atoms with Crippen molar-refractivity contribution in [2.45, 2.75) is 25.0 Å². The average molecular weight is 472 g/mol. The first-order chi connectivity index (χ1) is 16.5. The first-order valence-corrected chi connectivity index (χ1v) is 11.7. The van der Waals surface area contributed by atoms with Gasteiger partial charge in [-0.15, -0.1) is 0 Å². The molecule has 7 heteroatoms. The number of pyridine rings is 1. The van der Waals surface area contributed by atoms with E-state index >= 15 is 0 Å². The quantitative estimate of drug-likeness (QED) is 0.393. The SMILES string of the molecule is O=C1OC2(CCN(C(=O)c3cn(Cc4ccncc4)c4cc(Cl)ccc34)CC2)c2ccccc21. The lowest BCUT2D eigenvalue weighted by Gasteiger charge is -2.38. The van der Waals surface area contributed by atoms with Crippen LogP contribution in [0.3, 0.4) is 0 Å². The fourth-order valence-electron chi connectivity index (χ4n) is 5.21. The van der Waals surface area contributed by atoms with Crippen molar-refractivity contribution in [2.24, 2.45) is 0 Å². The van der Waals surface area contributed by atoms with Gasteiger partial charge in [-0.25, -0.2) is 4.79 Å². The van der Waals surface area contributed by atoms with Gasteiger partial charge in [0.1, 0.15) is 5.60 Å². The molecule has 0 unspecified atom stereocenters. The summed E-state index contributed by atoms with van der Waals surface area (Å²) in [5.74, 6) is -0.292. The lowest BCUT2D eigenvalue weighted by atomic mass is 9.83. The Balaban J connectivity index is 1.29. The molecule has 1 fully saturated rings. The summed E-state index contributed by atoms with van der Waals surface area (Å²) >= 11 is 6.29. The van der Waals surface area contributed by atoms with E-state index in [0.717, 1.165) is 22.0 Å². The van der Waals surface area contributed by atoms with Crippen LogP contribution in [0.1, 0.15) is 44.7 Å². The Morgan fingerprint density at radius 1 is 1.06 bits per heavy atom. The molecule has 2 aromatic heterocycles. The van der Waals surface area contributed by atoms with E-state index in [1.807, 2.05) is 65.7 Å². The number of halogens is 1. The van der Waals surface area contributed by atoms with Crippen molar-refractivity contribution in [1.29, 1.82) is 0 Å². The number of hydrogen-bond acceptors (Lipinski definition) is 4. The molecule has 0 atom stereocenters. The lowest BCUT2D eigenvalue weighted by Crippen LogP contribution is -2.45. The summed E-state index contributed by atoms with van der Waals surface area (Å²) in [5.41, 5.74) is 3.61. The number of esters is 1. The minimum Gasteiger partial charge on any atom is -0.450 e. The number of piperidine rings is 1. The van der Waals surface area contributed by atoms with E-state index in [4.69, 9.17) is 16.3 Å². The Kier molecular flexibility index (Phi) is 4.92. The van der Waals surface area contributed by atoms with Crippen LogP contribution in [-0.2, 0) is 16.9 Å². The Hall–Kier alpha value is -3.64. The molecule has 0 saturated carbocycles. The first kappa shape index (κ1) is 20.9. The van der Waals surface area contributed by atoms with Crippen LogP contribution in [0.15, 0.2) is 73.2 Å². The lowest BCUT2D eigenvalue weighted by molar-refractivity contribution is -0.0389. The summed E-state index contributed by atoms with van der Waals surface area (Å²) in [7, 11) is 0.